The number of ether oxygens (including phenoxy) is 1. The van der Waals surface area contributed by atoms with Gasteiger partial charge in [0.1, 0.15) is 5.60 Å². The van der Waals surface area contributed by atoms with Crippen molar-refractivity contribution in [1.82, 2.24) is 3.97 Å². The lowest BCUT2D eigenvalue weighted by atomic mass is 10.2. The number of hydrogen-bond donors (Lipinski definition) is 1. The maximum absolute atomic E-state index is 11.8. The number of carbonyl (C=O) groups is 1. The summed E-state index contributed by atoms with van der Waals surface area (Å²) in [5.74, 6) is -0.625. The topological polar surface area (TPSA) is 85.6 Å². The summed E-state index contributed by atoms with van der Waals surface area (Å²) in [6, 6.07) is 1.30. The molecule has 0 bridgehead atoms. The third-order valence-corrected chi connectivity index (χ3v) is 3.07. The van der Waals surface area contributed by atoms with Crippen molar-refractivity contribution in [1.29, 1.82) is 0 Å². The summed E-state index contributed by atoms with van der Waals surface area (Å²) in [6.07, 6.45) is 2.14. The second-order valence-corrected chi connectivity index (χ2v) is 6.80. The highest BCUT2D eigenvalue weighted by molar-refractivity contribution is 7.89. The van der Waals surface area contributed by atoms with Crippen molar-refractivity contribution in [2.45, 2.75) is 33.0 Å². The van der Waals surface area contributed by atoms with Gasteiger partial charge in [0.05, 0.1) is 24.1 Å². The largest absolute Gasteiger partial charge is 0.456 e. The highest BCUT2D eigenvalue weighted by atomic mass is 32.2. The quantitative estimate of drug-likeness (QED) is 0.822. The molecule has 1 aromatic rings. The summed E-state index contributed by atoms with van der Waals surface area (Å²) < 4.78 is 28.9. The molecule has 1 heterocycles. The Morgan fingerprint density at radius 2 is 2.00 bits per heavy atom. The molecule has 102 valence electrons. The van der Waals surface area contributed by atoms with E-state index in [0.717, 1.165) is 16.4 Å². The second-order valence-electron chi connectivity index (χ2n) is 4.94. The number of carbonyl (C=O) groups excluding carboxylic acids is 1. The molecule has 0 radical (unpaired) electrons. The van der Waals surface area contributed by atoms with Crippen LogP contribution >= 0.6 is 0 Å². The first-order valence-corrected chi connectivity index (χ1v) is 7.15. The monoisotopic (exact) mass is 275 g/mol. The van der Waals surface area contributed by atoms with E-state index in [-0.39, 0.29) is 11.3 Å². The maximum atomic E-state index is 11.8. The minimum Gasteiger partial charge on any atom is -0.456 e. The predicted octanol–water partition coefficient (Wildman–Crippen LogP) is 0.743. The van der Waals surface area contributed by atoms with E-state index in [1.54, 1.807) is 20.8 Å². The summed E-state index contributed by atoms with van der Waals surface area (Å²) in [6.45, 7) is 4.66. The van der Waals surface area contributed by atoms with Gasteiger partial charge in [-0.05, 0) is 26.8 Å². The Balaban J connectivity index is 3.14. The molecule has 1 N–H and O–H groups in total. The molecular formula is C11H17NO5S. The highest BCUT2D eigenvalue weighted by Gasteiger charge is 2.22. The van der Waals surface area contributed by atoms with E-state index in [9.17, 15) is 13.2 Å². The van der Waals surface area contributed by atoms with Crippen molar-refractivity contribution in [3.05, 3.63) is 23.5 Å². The molecule has 0 fully saturated rings. The lowest BCUT2D eigenvalue weighted by molar-refractivity contribution is 0.00697. The molecule has 0 saturated carbocycles. The predicted molar refractivity (Wildman–Crippen MR) is 65.8 cm³/mol. The van der Waals surface area contributed by atoms with E-state index in [0.29, 0.717) is 0 Å². The van der Waals surface area contributed by atoms with Crippen LogP contribution in [0.3, 0.4) is 0 Å². The molecule has 0 spiro atoms. The Kier molecular flexibility index (Phi) is 3.87. The lowest BCUT2D eigenvalue weighted by Crippen LogP contribution is -2.23. The summed E-state index contributed by atoms with van der Waals surface area (Å²) in [5, 5.41) is 9.07. The number of aliphatic hydroxyl groups excluding tert-OH is 1. The van der Waals surface area contributed by atoms with Crippen molar-refractivity contribution in [3.8, 4) is 0 Å². The first-order valence-electron chi connectivity index (χ1n) is 5.30. The summed E-state index contributed by atoms with van der Waals surface area (Å²) in [5.41, 5.74) is -0.443. The zero-order valence-electron chi connectivity index (χ0n) is 10.8. The summed E-state index contributed by atoms with van der Waals surface area (Å²) in [7, 11) is -3.55. The fourth-order valence-corrected chi connectivity index (χ4v) is 2.20. The van der Waals surface area contributed by atoms with Crippen LogP contribution in [0.1, 0.15) is 36.8 Å². The van der Waals surface area contributed by atoms with E-state index in [2.05, 4.69) is 0 Å². The smallest absolute Gasteiger partial charge is 0.340 e. The van der Waals surface area contributed by atoms with E-state index in [1.807, 2.05) is 0 Å². The van der Waals surface area contributed by atoms with Crippen LogP contribution in [0.2, 0.25) is 0 Å². The van der Waals surface area contributed by atoms with Crippen LogP contribution in [0.5, 0.6) is 0 Å². The third kappa shape index (κ3) is 3.58. The molecule has 0 aromatic carbocycles. The Morgan fingerprint density at radius 1 is 1.44 bits per heavy atom. The molecule has 7 heteroatoms. The van der Waals surface area contributed by atoms with Crippen LogP contribution in [0, 0.1) is 0 Å². The number of nitrogens with zero attached hydrogens (tertiary/aromatic N) is 1. The van der Waals surface area contributed by atoms with Crippen molar-refractivity contribution in [2.24, 2.45) is 0 Å². The van der Waals surface area contributed by atoms with E-state index in [4.69, 9.17) is 9.84 Å². The number of esters is 1. The fourth-order valence-electron chi connectivity index (χ4n) is 1.36. The van der Waals surface area contributed by atoms with Gasteiger partial charge in [0, 0.05) is 6.20 Å². The van der Waals surface area contributed by atoms with Crippen LogP contribution < -0.4 is 0 Å². The molecule has 1 aromatic heterocycles. The van der Waals surface area contributed by atoms with Crippen LogP contribution in [-0.4, -0.2) is 35.3 Å². The van der Waals surface area contributed by atoms with Gasteiger partial charge in [-0.2, -0.15) is 0 Å². The van der Waals surface area contributed by atoms with Gasteiger partial charge in [0.15, 0.2) is 0 Å². The van der Waals surface area contributed by atoms with Crippen molar-refractivity contribution >= 4 is 16.0 Å². The average Bonchev–Trinajstić information content (AvgIpc) is 2.57. The molecule has 6 nitrogen and oxygen atoms in total. The molecule has 0 aliphatic carbocycles. The Bertz CT molecular complexity index is 550. The van der Waals surface area contributed by atoms with Crippen LogP contribution in [0.15, 0.2) is 12.3 Å². The van der Waals surface area contributed by atoms with Gasteiger partial charge in [-0.1, -0.05) is 0 Å². The van der Waals surface area contributed by atoms with Crippen LogP contribution in [0.25, 0.3) is 0 Å². The Labute approximate surface area is 106 Å². The number of hydrogen-bond acceptors (Lipinski definition) is 5. The number of rotatable bonds is 3. The van der Waals surface area contributed by atoms with Gasteiger partial charge in [0.25, 0.3) is 0 Å². The maximum Gasteiger partial charge on any atom is 0.340 e. The van der Waals surface area contributed by atoms with Gasteiger partial charge in [-0.3, -0.25) is 0 Å². The molecule has 1 rings (SSSR count). The van der Waals surface area contributed by atoms with E-state index in [1.165, 1.54) is 6.07 Å². The first kappa shape index (κ1) is 14.7. The average molecular weight is 275 g/mol. The standard InChI is InChI=1S/C11H17NO5S/c1-11(2,3)17-10(14)8-5-9(7-13)12(6-8)18(4,15)16/h5-6,13H,7H2,1-4H3. The fraction of sp³-hybridized carbons (Fsp3) is 0.545. The molecule has 0 aliphatic rings. The molecule has 0 aliphatic heterocycles. The molecule has 0 saturated heterocycles. The zero-order valence-corrected chi connectivity index (χ0v) is 11.6. The third-order valence-electron chi connectivity index (χ3n) is 2.02. The van der Waals surface area contributed by atoms with E-state index < -0.39 is 28.2 Å². The van der Waals surface area contributed by atoms with Gasteiger partial charge < -0.3 is 9.84 Å². The van der Waals surface area contributed by atoms with Gasteiger partial charge >= 0.3 is 5.97 Å². The first-order chi connectivity index (χ1) is 8.04. The SMILES string of the molecule is CC(C)(C)OC(=O)c1cc(CO)n(S(C)(=O)=O)c1. The van der Waals surface area contributed by atoms with Crippen molar-refractivity contribution in [2.75, 3.05) is 6.26 Å². The Hall–Kier alpha value is -1.34. The molecule has 18 heavy (non-hydrogen) atoms. The minimum atomic E-state index is -3.55. The number of aromatic nitrogens is 1. The molecule has 0 unspecified atom stereocenters. The second kappa shape index (κ2) is 4.74. The van der Waals surface area contributed by atoms with Crippen molar-refractivity contribution in [3.63, 3.8) is 0 Å². The number of aliphatic hydroxyl groups is 1. The van der Waals surface area contributed by atoms with Gasteiger partial charge in [-0.25, -0.2) is 17.2 Å². The highest BCUT2D eigenvalue weighted by Crippen LogP contribution is 2.16. The normalized spacial score (nSPS) is 12.5. The summed E-state index contributed by atoms with van der Waals surface area (Å²) >= 11 is 0. The van der Waals surface area contributed by atoms with Crippen molar-refractivity contribution < 1.29 is 23.1 Å². The van der Waals surface area contributed by atoms with Gasteiger partial charge in [0.2, 0.25) is 10.0 Å². The molecular weight excluding hydrogens is 258 g/mol. The van der Waals surface area contributed by atoms with Crippen LogP contribution in [-0.2, 0) is 21.4 Å². The lowest BCUT2D eigenvalue weighted by Gasteiger charge is -2.18. The van der Waals surface area contributed by atoms with Gasteiger partial charge in [-0.15, -0.1) is 0 Å². The Morgan fingerprint density at radius 3 is 2.33 bits per heavy atom. The summed E-state index contributed by atoms with van der Waals surface area (Å²) in [4.78, 5) is 11.8. The minimum absolute atomic E-state index is 0.0967. The molecule has 0 amide bonds. The van der Waals surface area contributed by atoms with E-state index >= 15 is 0 Å². The molecule has 0 atom stereocenters. The van der Waals surface area contributed by atoms with Crippen LogP contribution in [0.4, 0.5) is 0 Å². The zero-order chi connectivity index (χ0) is 14.1.